The molecule has 1 N–H and O–H groups in total. The monoisotopic (exact) mass is 401 g/mol. The van der Waals surface area contributed by atoms with Gasteiger partial charge in [0.05, 0.1) is 10.4 Å². The van der Waals surface area contributed by atoms with E-state index in [1.165, 1.54) is 16.4 Å². The van der Waals surface area contributed by atoms with Crippen LogP contribution in [0.25, 0.3) is 11.1 Å². The molecular weight excluding hydrogens is 382 g/mol. The Kier molecular flexibility index (Phi) is 3.81. The summed E-state index contributed by atoms with van der Waals surface area (Å²) in [6.45, 7) is 4.34. The van der Waals surface area contributed by atoms with Crippen LogP contribution in [-0.4, -0.2) is 53.9 Å². The highest BCUT2D eigenvalue weighted by Gasteiger charge is 2.45. The second-order valence-corrected chi connectivity index (χ2v) is 9.36. The number of benzene rings is 1. The lowest BCUT2D eigenvalue weighted by Crippen LogP contribution is -2.33. The van der Waals surface area contributed by atoms with Crippen LogP contribution in [0, 0.1) is 18.8 Å². The van der Waals surface area contributed by atoms with E-state index in [9.17, 15) is 13.2 Å². The van der Waals surface area contributed by atoms with Gasteiger partial charge in [0.2, 0.25) is 16.0 Å². The largest absolute Gasteiger partial charge is 0.417 e. The third-order valence-corrected chi connectivity index (χ3v) is 7.38. The molecule has 3 aromatic rings. The van der Waals surface area contributed by atoms with Gasteiger partial charge >= 0.3 is 5.76 Å². The number of hydrogen-bond acceptors (Lipinski definition) is 7. The van der Waals surface area contributed by atoms with E-state index in [1.807, 2.05) is 13.0 Å². The van der Waals surface area contributed by atoms with E-state index in [0.29, 0.717) is 24.6 Å². The van der Waals surface area contributed by atoms with Gasteiger partial charge in [0.15, 0.2) is 5.58 Å². The van der Waals surface area contributed by atoms with E-state index >= 15 is 0 Å². The Morgan fingerprint density at radius 1 is 1.14 bits per heavy atom. The van der Waals surface area contributed by atoms with Crippen molar-refractivity contribution in [2.45, 2.75) is 11.8 Å². The predicted octanol–water partition coefficient (Wildman–Crippen LogP) is 0.976. The van der Waals surface area contributed by atoms with Crippen molar-refractivity contribution in [1.29, 1.82) is 0 Å². The average Bonchev–Trinajstić information content (AvgIpc) is 3.32. The molecule has 2 saturated heterocycles. The van der Waals surface area contributed by atoms with Gasteiger partial charge in [-0.15, -0.1) is 0 Å². The number of oxazole rings is 1. The second-order valence-electron chi connectivity index (χ2n) is 7.42. The number of hydrogen-bond donors (Lipinski definition) is 1. The molecule has 0 aliphatic carbocycles. The van der Waals surface area contributed by atoms with Crippen molar-refractivity contribution in [1.82, 2.24) is 19.3 Å². The fraction of sp³-hybridized carbons (Fsp3) is 0.389. The van der Waals surface area contributed by atoms with Crippen molar-refractivity contribution in [2.75, 3.05) is 31.1 Å². The van der Waals surface area contributed by atoms with Gasteiger partial charge < -0.3 is 9.32 Å². The van der Waals surface area contributed by atoms with Crippen LogP contribution in [0.2, 0.25) is 0 Å². The van der Waals surface area contributed by atoms with Gasteiger partial charge in [0.25, 0.3) is 0 Å². The van der Waals surface area contributed by atoms with E-state index < -0.39 is 15.8 Å². The van der Waals surface area contributed by atoms with Crippen LogP contribution in [0.3, 0.4) is 0 Å². The first-order valence-electron chi connectivity index (χ1n) is 9.08. The standard InChI is InChI=1S/C18H19N5O4S/c1-11-4-5-19-17(20-11)22-7-12-9-23(10-13(12)8-22)28(25,26)14-2-3-15-16(6-14)27-18(24)21-15/h2-6,12-13H,7-10H2,1H3,(H,21,24). The van der Waals surface area contributed by atoms with Crippen molar-refractivity contribution >= 4 is 27.1 Å². The summed E-state index contributed by atoms with van der Waals surface area (Å²) in [5.41, 5.74) is 1.64. The minimum absolute atomic E-state index is 0.140. The zero-order valence-corrected chi connectivity index (χ0v) is 16.0. The summed E-state index contributed by atoms with van der Waals surface area (Å²) in [7, 11) is -3.64. The fourth-order valence-corrected chi connectivity index (χ4v) is 5.70. The molecule has 5 rings (SSSR count). The summed E-state index contributed by atoms with van der Waals surface area (Å²) in [5, 5.41) is 0. The molecule has 2 atom stereocenters. The van der Waals surface area contributed by atoms with Crippen LogP contribution in [0.4, 0.5) is 5.95 Å². The van der Waals surface area contributed by atoms with E-state index in [-0.39, 0.29) is 22.3 Å². The first-order chi connectivity index (χ1) is 13.4. The zero-order chi connectivity index (χ0) is 19.5. The van der Waals surface area contributed by atoms with E-state index in [4.69, 9.17) is 4.42 Å². The quantitative estimate of drug-likeness (QED) is 0.696. The summed E-state index contributed by atoms with van der Waals surface area (Å²) < 4.78 is 32.7. The molecule has 2 fully saturated rings. The maximum absolute atomic E-state index is 13.1. The van der Waals surface area contributed by atoms with Crippen LogP contribution in [0.5, 0.6) is 0 Å². The van der Waals surface area contributed by atoms with Crippen molar-refractivity contribution in [3.8, 4) is 0 Å². The maximum Gasteiger partial charge on any atom is 0.417 e. The van der Waals surface area contributed by atoms with Crippen LogP contribution < -0.4 is 10.7 Å². The number of nitrogens with one attached hydrogen (secondary N) is 1. The van der Waals surface area contributed by atoms with Crippen molar-refractivity contribution in [3.05, 3.63) is 46.7 Å². The minimum Gasteiger partial charge on any atom is -0.408 e. The molecule has 28 heavy (non-hydrogen) atoms. The molecular formula is C18H19N5O4S. The molecule has 0 bridgehead atoms. The summed E-state index contributed by atoms with van der Waals surface area (Å²) in [5.74, 6) is 0.594. The van der Waals surface area contributed by atoms with Crippen LogP contribution in [0.1, 0.15) is 5.69 Å². The molecule has 4 heterocycles. The lowest BCUT2D eigenvalue weighted by molar-refractivity contribution is 0.452. The lowest BCUT2D eigenvalue weighted by atomic mass is 10.0. The summed E-state index contributed by atoms with van der Waals surface area (Å²) in [6.07, 6.45) is 1.75. The number of anilines is 1. The molecule has 0 radical (unpaired) electrons. The molecule has 10 heteroatoms. The van der Waals surface area contributed by atoms with Gasteiger partial charge in [-0.25, -0.2) is 23.2 Å². The van der Waals surface area contributed by atoms with E-state index in [2.05, 4.69) is 19.9 Å². The van der Waals surface area contributed by atoms with Crippen LogP contribution >= 0.6 is 0 Å². The number of aromatic amines is 1. The molecule has 9 nitrogen and oxygen atoms in total. The maximum atomic E-state index is 13.1. The Balaban J connectivity index is 1.35. The molecule has 0 spiro atoms. The smallest absolute Gasteiger partial charge is 0.408 e. The number of aryl methyl sites for hydroxylation is 1. The van der Waals surface area contributed by atoms with Crippen LogP contribution in [-0.2, 0) is 10.0 Å². The number of fused-ring (bicyclic) bond motifs is 2. The van der Waals surface area contributed by atoms with Gasteiger partial charge in [0.1, 0.15) is 0 Å². The number of rotatable bonds is 3. The van der Waals surface area contributed by atoms with Crippen molar-refractivity contribution in [2.24, 2.45) is 11.8 Å². The van der Waals surface area contributed by atoms with E-state index in [0.717, 1.165) is 18.8 Å². The molecule has 2 aliphatic rings. The molecule has 146 valence electrons. The fourth-order valence-electron chi connectivity index (χ4n) is 4.13. The molecule has 2 unspecified atom stereocenters. The Morgan fingerprint density at radius 2 is 1.89 bits per heavy atom. The number of sulfonamides is 1. The Bertz CT molecular complexity index is 1200. The first-order valence-corrected chi connectivity index (χ1v) is 10.5. The Morgan fingerprint density at radius 3 is 2.61 bits per heavy atom. The normalized spacial score (nSPS) is 22.8. The van der Waals surface area contributed by atoms with Crippen molar-refractivity contribution < 1.29 is 12.8 Å². The third-order valence-electron chi connectivity index (χ3n) is 5.55. The summed E-state index contributed by atoms with van der Waals surface area (Å²) >= 11 is 0. The van der Waals surface area contributed by atoms with Crippen molar-refractivity contribution in [3.63, 3.8) is 0 Å². The molecule has 1 aromatic carbocycles. The van der Waals surface area contributed by atoms with Gasteiger partial charge in [-0.05, 0) is 37.0 Å². The highest BCUT2D eigenvalue weighted by molar-refractivity contribution is 7.89. The predicted molar refractivity (Wildman–Crippen MR) is 102 cm³/mol. The zero-order valence-electron chi connectivity index (χ0n) is 15.2. The average molecular weight is 401 g/mol. The highest BCUT2D eigenvalue weighted by Crippen LogP contribution is 2.35. The molecule has 2 aromatic heterocycles. The van der Waals surface area contributed by atoms with Gasteiger partial charge in [-0.3, -0.25) is 4.98 Å². The summed E-state index contributed by atoms with van der Waals surface area (Å²) in [6, 6.07) is 6.33. The SMILES string of the molecule is Cc1ccnc(N2CC3CN(S(=O)(=O)c4ccc5[nH]c(=O)oc5c4)CC3C2)n1. The Labute approximate surface area is 161 Å². The topological polar surface area (TPSA) is 112 Å². The molecule has 2 aliphatic heterocycles. The summed E-state index contributed by atoms with van der Waals surface area (Å²) in [4.78, 5) is 24.9. The number of aromatic nitrogens is 3. The van der Waals surface area contributed by atoms with Crippen LogP contribution in [0.15, 0.2) is 44.6 Å². The number of H-pyrrole nitrogens is 1. The number of nitrogens with zero attached hydrogens (tertiary/aromatic N) is 4. The lowest BCUT2D eigenvalue weighted by Gasteiger charge is -2.21. The first kappa shape index (κ1) is 17.4. The highest BCUT2D eigenvalue weighted by atomic mass is 32.2. The van der Waals surface area contributed by atoms with Gasteiger partial charge in [-0.1, -0.05) is 0 Å². The van der Waals surface area contributed by atoms with E-state index in [1.54, 1.807) is 12.3 Å². The Hall–Kier alpha value is -2.72. The second kappa shape index (κ2) is 6.14. The molecule has 0 amide bonds. The third kappa shape index (κ3) is 2.80. The van der Waals surface area contributed by atoms with Gasteiger partial charge in [0, 0.05) is 44.1 Å². The van der Waals surface area contributed by atoms with Gasteiger partial charge in [-0.2, -0.15) is 4.31 Å². The molecule has 0 saturated carbocycles. The minimum atomic E-state index is -3.64.